The zero-order valence-corrected chi connectivity index (χ0v) is 13.6. The van der Waals surface area contributed by atoms with Gasteiger partial charge in [-0.3, -0.25) is 0 Å². The van der Waals surface area contributed by atoms with Crippen molar-refractivity contribution in [3.05, 3.63) is 35.0 Å². The molecule has 124 valence electrons. The lowest BCUT2D eigenvalue weighted by Gasteiger charge is -2.28. The maximum absolute atomic E-state index is 12.2. The molecule has 1 aromatic carbocycles. The molecule has 2 amide bonds. The maximum Gasteiger partial charge on any atom is 0.338 e. The van der Waals surface area contributed by atoms with Crippen LogP contribution in [0.3, 0.4) is 0 Å². The van der Waals surface area contributed by atoms with Crippen molar-refractivity contribution < 1.29 is 23.8 Å². The predicted octanol–water partition coefficient (Wildman–Crippen LogP) is 1.89. The van der Waals surface area contributed by atoms with Gasteiger partial charge >= 0.3 is 12.0 Å². The predicted molar refractivity (Wildman–Crippen MR) is 83.3 cm³/mol. The summed E-state index contributed by atoms with van der Waals surface area (Å²) in [4.78, 5) is 24.0. The molecule has 0 saturated heterocycles. The minimum atomic E-state index is -0.623. The number of benzene rings is 1. The van der Waals surface area contributed by atoms with Crippen LogP contribution in [0.15, 0.2) is 29.5 Å². The molecular weight excluding hydrogens is 300 g/mol. The normalized spacial score (nSPS) is 17.2. The second kappa shape index (κ2) is 7.04. The molecule has 2 N–H and O–H groups in total. The Morgan fingerprint density at radius 2 is 1.91 bits per heavy atom. The average Bonchev–Trinajstić information content (AvgIpc) is 2.53. The van der Waals surface area contributed by atoms with E-state index in [1.807, 2.05) is 0 Å². The molecule has 23 heavy (non-hydrogen) atoms. The highest BCUT2D eigenvalue weighted by Gasteiger charge is 2.32. The molecule has 0 aromatic heterocycles. The lowest BCUT2D eigenvalue weighted by molar-refractivity contribution is -0.139. The Labute approximate surface area is 134 Å². The van der Waals surface area contributed by atoms with Gasteiger partial charge in [-0.05, 0) is 31.5 Å². The molecule has 1 atom stereocenters. The Balaban J connectivity index is 2.47. The fourth-order valence-electron chi connectivity index (χ4n) is 2.46. The number of methoxy groups -OCH3 is 2. The fraction of sp³-hybridized carbons (Fsp3) is 0.375. The largest absolute Gasteiger partial charge is 0.493 e. The summed E-state index contributed by atoms with van der Waals surface area (Å²) in [6.07, 6.45) is 0. The molecular formula is C16H20N2O5. The third-order valence-corrected chi connectivity index (χ3v) is 3.51. The topological polar surface area (TPSA) is 85.9 Å². The molecule has 0 saturated carbocycles. The van der Waals surface area contributed by atoms with E-state index >= 15 is 0 Å². The number of carbonyl (C=O) groups is 2. The lowest BCUT2D eigenvalue weighted by atomic mass is 9.95. The molecule has 1 aromatic rings. The Morgan fingerprint density at radius 3 is 2.52 bits per heavy atom. The highest BCUT2D eigenvalue weighted by molar-refractivity contribution is 5.95. The highest BCUT2D eigenvalue weighted by atomic mass is 16.5. The molecule has 1 heterocycles. The standard InChI is InChI=1S/C16H20N2O5/c1-5-23-15(19)13-9(2)17-16(20)18-14(13)10-6-7-11(21-3)12(8-10)22-4/h6-8,14H,5H2,1-4H3,(H2,17,18,20)/t14-/m0/s1. The van der Waals surface area contributed by atoms with Gasteiger partial charge in [0.15, 0.2) is 11.5 Å². The highest BCUT2D eigenvalue weighted by Crippen LogP contribution is 2.34. The third kappa shape index (κ3) is 3.39. The van der Waals surface area contributed by atoms with E-state index in [9.17, 15) is 9.59 Å². The minimum absolute atomic E-state index is 0.252. The first-order valence-corrected chi connectivity index (χ1v) is 7.19. The monoisotopic (exact) mass is 320 g/mol. The van der Waals surface area contributed by atoms with Gasteiger partial charge in [0.25, 0.3) is 0 Å². The van der Waals surface area contributed by atoms with Crippen LogP contribution in [0.25, 0.3) is 0 Å². The number of ether oxygens (including phenoxy) is 3. The Morgan fingerprint density at radius 1 is 1.22 bits per heavy atom. The Hall–Kier alpha value is -2.70. The first-order valence-electron chi connectivity index (χ1n) is 7.19. The van der Waals surface area contributed by atoms with Crippen molar-refractivity contribution >= 4 is 12.0 Å². The molecule has 1 aliphatic rings. The van der Waals surface area contributed by atoms with Gasteiger partial charge in [0.2, 0.25) is 0 Å². The number of nitrogens with one attached hydrogen (secondary N) is 2. The number of allylic oxidation sites excluding steroid dienone is 1. The zero-order valence-electron chi connectivity index (χ0n) is 13.6. The molecule has 0 radical (unpaired) electrons. The maximum atomic E-state index is 12.2. The average molecular weight is 320 g/mol. The quantitative estimate of drug-likeness (QED) is 0.809. The molecule has 1 aliphatic heterocycles. The van der Waals surface area contributed by atoms with Crippen molar-refractivity contribution in [1.29, 1.82) is 0 Å². The van der Waals surface area contributed by atoms with E-state index in [2.05, 4.69) is 10.6 Å². The van der Waals surface area contributed by atoms with Crippen molar-refractivity contribution in [1.82, 2.24) is 10.6 Å². The van der Waals surface area contributed by atoms with Crippen LogP contribution < -0.4 is 20.1 Å². The summed E-state index contributed by atoms with van der Waals surface area (Å²) in [7, 11) is 3.06. The van der Waals surface area contributed by atoms with Crippen LogP contribution in [0.2, 0.25) is 0 Å². The summed E-state index contributed by atoms with van der Waals surface area (Å²) < 4.78 is 15.6. The molecule has 7 nitrogen and oxygen atoms in total. The van der Waals surface area contributed by atoms with Gasteiger partial charge in [-0.15, -0.1) is 0 Å². The van der Waals surface area contributed by atoms with E-state index in [0.717, 1.165) is 0 Å². The molecule has 0 spiro atoms. The van der Waals surface area contributed by atoms with Crippen LogP contribution in [0.5, 0.6) is 11.5 Å². The van der Waals surface area contributed by atoms with E-state index in [0.29, 0.717) is 28.3 Å². The van der Waals surface area contributed by atoms with Crippen LogP contribution in [-0.4, -0.2) is 32.8 Å². The summed E-state index contributed by atoms with van der Waals surface area (Å²) in [6.45, 7) is 3.65. The van der Waals surface area contributed by atoms with Crippen LogP contribution in [0.1, 0.15) is 25.5 Å². The molecule has 2 rings (SSSR count). The van der Waals surface area contributed by atoms with Crippen LogP contribution in [0.4, 0.5) is 4.79 Å². The molecule has 7 heteroatoms. The van der Waals surface area contributed by atoms with E-state index < -0.39 is 12.0 Å². The summed E-state index contributed by atoms with van der Waals surface area (Å²) in [5.41, 5.74) is 1.52. The smallest absolute Gasteiger partial charge is 0.338 e. The van der Waals surface area contributed by atoms with E-state index in [1.165, 1.54) is 14.2 Å². The van der Waals surface area contributed by atoms with Gasteiger partial charge in [0.1, 0.15) is 0 Å². The second-order valence-electron chi connectivity index (χ2n) is 4.91. The molecule has 0 fully saturated rings. The van der Waals surface area contributed by atoms with E-state index in [4.69, 9.17) is 14.2 Å². The number of esters is 1. The van der Waals surface area contributed by atoms with E-state index in [1.54, 1.807) is 32.0 Å². The van der Waals surface area contributed by atoms with Gasteiger partial charge in [-0.1, -0.05) is 6.07 Å². The first kappa shape index (κ1) is 16.7. The minimum Gasteiger partial charge on any atom is -0.493 e. The van der Waals surface area contributed by atoms with Gasteiger partial charge in [0.05, 0.1) is 32.4 Å². The van der Waals surface area contributed by atoms with Gasteiger partial charge < -0.3 is 24.8 Å². The lowest BCUT2D eigenvalue weighted by Crippen LogP contribution is -2.45. The van der Waals surface area contributed by atoms with Crippen molar-refractivity contribution in [2.24, 2.45) is 0 Å². The van der Waals surface area contributed by atoms with Crippen molar-refractivity contribution in [3.8, 4) is 11.5 Å². The van der Waals surface area contributed by atoms with Gasteiger partial charge in [0, 0.05) is 5.70 Å². The molecule has 0 aliphatic carbocycles. The first-order chi connectivity index (χ1) is 11.0. The van der Waals surface area contributed by atoms with Crippen molar-refractivity contribution in [2.45, 2.75) is 19.9 Å². The fourth-order valence-corrected chi connectivity index (χ4v) is 2.46. The zero-order chi connectivity index (χ0) is 17.0. The van der Waals surface area contributed by atoms with Crippen LogP contribution in [-0.2, 0) is 9.53 Å². The number of hydrogen-bond acceptors (Lipinski definition) is 5. The van der Waals surface area contributed by atoms with E-state index in [-0.39, 0.29) is 12.6 Å². The number of amides is 2. The number of rotatable bonds is 5. The van der Waals surface area contributed by atoms with Crippen LogP contribution in [0, 0.1) is 0 Å². The Kier molecular flexibility index (Phi) is 5.10. The number of hydrogen-bond donors (Lipinski definition) is 2. The van der Waals surface area contributed by atoms with Crippen LogP contribution >= 0.6 is 0 Å². The van der Waals surface area contributed by atoms with Crippen molar-refractivity contribution in [2.75, 3.05) is 20.8 Å². The molecule has 0 bridgehead atoms. The second-order valence-corrected chi connectivity index (χ2v) is 4.91. The molecule has 0 unspecified atom stereocenters. The summed E-state index contributed by atoms with van der Waals surface area (Å²) in [5, 5.41) is 5.33. The Bertz CT molecular complexity index is 654. The number of urea groups is 1. The van der Waals surface area contributed by atoms with Gasteiger partial charge in [-0.2, -0.15) is 0 Å². The van der Waals surface area contributed by atoms with Crippen molar-refractivity contribution in [3.63, 3.8) is 0 Å². The van der Waals surface area contributed by atoms with Gasteiger partial charge in [-0.25, -0.2) is 9.59 Å². The number of carbonyl (C=O) groups excluding carboxylic acids is 2. The third-order valence-electron chi connectivity index (χ3n) is 3.51. The summed E-state index contributed by atoms with van der Waals surface area (Å²) in [5.74, 6) is 0.603. The summed E-state index contributed by atoms with van der Waals surface area (Å²) >= 11 is 0. The SMILES string of the molecule is CCOC(=O)C1=C(C)NC(=O)N[C@H]1c1ccc(OC)c(OC)c1. The summed E-state index contributed by atoms with van der Waals surface area (Å²) in [6, 6.07) is 4.21.